The van der Waals surface area contributed by atoms with Gasteiger partial charge in [0, 0.05) is 5.75 Å². The van der Waals surface area contributed by atoms with E-state index in [2.05, 4.69) is 24.2 Å². The molecule has 1 N–H and O–H groups in total. The molecule has 18 heavy (non-hydrogen) atoms. The standard InChI is InChI=1S/C11H18N2O3S.Na/c1-4-11(6-17-5-7(2)3)8(14)12-10(16)13-9(11)15;/h7H,4-6H2,1-3H3,(H2,12,13,14,15,16);/q;+1/p-1. The number of aliphatic imine (C=N–C) groups is 1. The maximum absolute atomic E-state index is 11.8. The van der Waals surface area contributed by atoms with Gasteiger partial charge in [-0.2, -0.15) is 11.8 Å². The number of amides is 3. The molecule has 0 aliphatic carbocycles. The Morgan fingerprint density at radius 1 is 1.44 bits per heavy atom. The molecule has 0 aromatic heterocycles. The summed E-state index contributed by atoms with van der Waals surface area (Å²) >= 11 is 1.55. The molecule has 0 aromatic rings. The summed E-state index contributed by atoms with van der Waals surface area (Å²) in [4.78, 5) is 26.1. The zero-order chi connectivity index (χ0) is 13.1. The van der Waals surface area contributed by atoms with Gasteiger partial charge in [-0.15, -0.1) is 0 Å². The SMILES string of the molecule is CCC1(CSCC(C)C)C(=O)NC(=O)N=C1[O-].[Na+]. The van der Waals surface area contributed by atoms with Crippen LogP contribution in [0.25, 0.3) is 0 Å². The normalized spacial score (nSPS) is 23.4. The Kier molecular flexibility index (Phi) is 7.51. The van der Waals surface area contributed by atoms with Gasteiger partial charge in [0.2, 0.25) is 5.91 Å². The fourth-order valence-corrected chi connectivity index (χ4v) is 2.95. The Morgan fingerprint density at radius 3 is 2.50 bits per heavy atom. The molecule has 7 heteroatoms. The van der Waals surface area contributed by atoms with Crippen molar-refractivity contribution in [1.29, 1.82) is 0 Å². The molecule has 96 valence electrons. The second-order valence-electron chi connectivity index (χ2n) is 4.52. The summed E-state index contributed by atoms with van der Waals surface area (Å²) < 4.78 is 0. The van der Waals surface area contributed by atoms with Crippen molar-refractivity contribution in [1.82, 2.24) is 5.32 Å². The fraction of sp³-hybridized carbons (Fsp3) is 0.727. The van der Waals surface area contributed by atoms with Crippen LogP contribution in [-0.2, 0) is 4.79 Å². The van der Waals surface area contributed by atoms with Gasteiger partial charge in [-0.3, -0.25) is 10.1 Å². The van der Waals surface area contributed by atoms with E-state index in [4.69, 9.17) is 0 Å². The summed E-state index contributed by atoms with van der Waals surface area (Å²) in [6.07, 6.45) is 0.361. The Morgan fingerprint density at radius 2 is 2.06 bits per heavy atom. The number of rotatable bonds is 5. The number of nitrogens with one attached hydrogen (secondary N) is 1. The fourth-order valence-electron chi connectivity index (χ4n) is 1.55. The average molecular weight is 280 g/mol. The maximum Gasteiger partial charge on any atom is 1.00 e. The molecule has 0 radical (unpaired) electrons. The molecule has 0 spiro atoms. The summed E-state index contributed by atoms with van der Waals surface area (Å²) in [5.41, 5.74) is -1.16. The quantitative estimate of drug-likeness (QED) is 0.579. The molecule has 0 saturated heterocycles. The van der Waals surface area contributed by atoms with Crippen LogP contribution in [0.1, 0.15) is 27.2 Å². The molecule has 1 unspecified atom stereocenters. The van der Waals surface area contributed by atoms with Crippen LogP contribution in [0.15, 0.2) is 4.99 Å². The minimum Gasteiger partial charge on any atom is -0.861 e. The van der Waals surface area contributed by atoms with Crippen molar-refractivity contribution in [2.24, 2.45) is 16.3 Å². The van der Waals surface area contributed by atoms with E-state index in [0.29, 0.717) is 18.1 Å². The minimum atomic E-state index is -1.16. The molecule has 0 aromatic carbocycles. The number of nitrogens with zero attached hydrogens (tertiary/aromatic N) is 1. The van der Waals surface area contributed by atoms with Crippen molar-refractivity contribution in [2.45, 2.75) is 27.2 Å². The first kappa shape index (κ1) is 18.0. The molecule has 0 fully saturated rings. The number of urea groups is 1. The van der Waals surface area contributed by atoms with Crippen molar-refractivity contribution in [2.75, 3.05) is 11.5 Å². The van der Waals surface area contributed by atoms with E-state index in [1.165, 1.54) is 0 Å². The molecule has 0 saturated carbocycles. The summed E-state index contributed by atoms with van der Waals surface area (Å²) in [6, 6.07) is -0.849. The van der Waals surface area contributed by atoms with Gasteiger partial charge in [-0.25, -0.2) is 9.79 Å². The third kappa shape index (κ3) is 3.98. The van der Waals surface area contributed by atoms with Gasteiger partial charge in [0.05, 0.1) is 5.41 Å². The Hall–Kier alpha value is -0.0400. The van der Waals surface area contributed by atoms with Crippen molar-refractivity contribution in [3.05, 3.63) is 0 Å². The van der Waals surface area contributed by atoms with Crippen LogP contribution in [0.4, 0.5) is 4.79 Å². The van der Waals surface area contributed by atoms with E-state index in [-0.39, 0.29) is 29.6 Å². The van der Waals surface area contributed by atoms with E-state index >= 15 is 0 Å². The number of thioether (sulfide) groups is 1. The van der Waals surface area contributed by atoms with Crippen LogP contribution < -0.4 is 40.0 Å². The Balaban J connectivity index is 0.00000289. The summed E-state index contributed by atoms with van der Waals surface area (Å²) in [7, 11) is 0. The van der Waals surface area contributed by atoms with Crippen LogP contribution in [0.3, 0.4) is 0 Å². The second-order valence-corrected chi connectivity index (χ2v) is 5.55. The van der Waals surface area contributed by atoms with Crippen LogP contribution in [-0.4, -0.2) is 29.3 Å². The molecule has 0 bridgehead atoms. The van der Waals surface area contributed by atoms with E-state index in [1.807, 2.05) is 0 Å². The third-order valence-electron chi connectivity index (χ3n) is 2.67. The van der Waals surface area contributed by atoms with Gasteiger partial charge in [0.15, 0.2) is 0 Å². The van der Waals surface area contributed by atoms with Crippen molar-refractivity contribution in [3.8, 4) is 0 Å². The Bertz CT molecular complexity index is 360. The van der Waals surface area contributed by atoms with Crippen LogP contribution in [0, 0.1) is 11.3 Å². The zero-order valence-corrected chi connectivity index (χ0v) is 14.1. The predicted octanol–water partition coefficient (Wildman–Crippen LogP) is -2.22. The monoisotopic (exact) mass is 280 g/mol. The molecular formula is C11H17N2NaO3S. The molecular weight excluding hydrogens is 263 g/mol. The minimum absolute atomic E-state index is 0. The number of carbonyl (C=O) groups excluding carboxylic acids is 2. The van der Waals surface area contributed by atoms with Gasteiger partial charge in [-0.1, -0.05) is 20.8 Å². The zero-order valence-electron chi connectivity index (χ0n) is 11.3. The van der Waals surface area contributed by atoms with Gasteiger partial charge in [0.25, 0.3) is 0 Å². The van der Waals surface area contributed by atoms with E-state index in [1.54, 1.807) is 18.7 Å². The van der Waals surface area contributed by atoms with Crippen LogP contribution >= 0.6 is 11.8 Å². The smallest absolute Gasteiger partial charge is 0.861 e. The van der Waals surface area contributed by atoms with Gasteiger partial charge in [-0.05, 0) is 24.0 Å². The molecule has 5 nitrogen and oxygen atoms in total. The number of hydrogen-bond acceptors (Lipinski definition) is 4. The van der Waals surface area contributed by atoms with E-state index in [0.717, 1.165) is 5.75 Å². The average Bonchev–Trinajstić information content (AvgIpc) is 2.22. The topological polar surface area (TPSA) is 81.6 Å². The molecule has 3 amide bonds. The van der Waals surface area contributed by atoms with Crippen molar-refractivity contribution in [3.63, 3.8) is 0 Å². The van der Waals surface area contributed by atoms with Gasteiger partial charge in [0.1, 0.15) is 0 Å². The number of carbonyl (C=O) groups is 2. The summed E-state index contributed by atoms with van der Waals surface area (Å²) in [6.45, 7) is 5.91. The Labute approximate surface area is 133 Å². The first-order valence-electron chi connectivity index (χ1n) is 5.61. The molecule has 1 aliphatic heterocycles. The molecule has 1 aliphatic rings. The molecule has 1 atom stereocenters. The van der Waals surface area contributed by atoms with E-state index < -0.39 is 23.3 Å². The predicted molar refractivity (Wildman–Crippen MR) is 65.9 cm³/mol. The van der Waals surface area contributed by atoms with Gasteiger partial charge < -0.3 is 5.11 Å². The number of hydrogen-bond donors (Lipinski definition) is 1. The van der Waals surface area contributed by atoms with Crippen LogP contribution in [0.5, 0.6) is 0 Å². The molecule has 1 heterocycles. The van der Waals surface area contributed by atoms with Gasteiger partial charge >= 0.3 is 35.6 Å². The molecule has 1 rings (SSSR count). The number of imide groups is 1. The third-order valence-corrected chi connectivity index (χ3v) is 4.27. The van der Waals surface area contributed by atoms with Crippen LogP contribution in [0.2, 0.25) is 0 Å². The van der Waals surface area contributed by atoms with E-state index in [9.17, 15) is 14.7 Å². The summed E-state index contributed by atoms with van der Waals surface area (Å²) in [5, 5.41) is 13.9. The largest absolute Gasteiger partial charge is 1.00 e. The first-order valence-corrected chi connectivity index (χ1v) is 6.77. The van der Waals surface area contributed by atoms with Crippen molar-refractivity contribution < 1.29 is 44.3 Å². The first-order chi connectivity index (χ1) is 7.92. The second kappa shape index (κ2) is 7.53. The summed E-state index contributed by atoms with van der Waals surface area (Å²) in [5.74, 6) is 0.625. The van der Waals surface area contributed by atoms with Crippen molar-refractivity contribution >= 4 is 29.6 Å². The maximum atomic E-state index is 11.8.